The molecule has 2 rings (SSSR count). The van der Waals surface area contributed by atoms with Crippen molar-refractivity contribution in [3.05, 3.63) is 62.1 Å². The summed E-state index contributed by atoms with van der Waals surface area (Å²) in [6, 6.07) is 2.96. The van der Waals surface area contributed by atoms with Gasteiger partial charge in [0, 0.05) is 24.7 Å². The van der Waals surface area contributed by atoms with Gasteiger partial charge in [0.2, 0.25) is 0 Å². The van der Waals surface area contributed by atoms with Gasteiger partial charge in [-0.3, -0.25) is 14.3 Å². The molecule has 0 aliphatic heterocycles. The van der Waals surface area contributed by atoms with E-state index < -0.39 is 5.69 Å². The molecule has 0 bridgehead atoms. The smallest absolute Gasteiger partial charge is 0.314 e. The highest BCUT2D eigenvalue weighted by Crippen LogP contribution is 2.13. The Morgan fingerprint density at radius 1 is 1.38 bits per heavy atom. The molecule has 0 aliphatic rings. The molecule has 0 saturated carbocycles. The maximum atomic E-state index is 11.4. The molecular formula is C10H8ClN3O2. The fraction of sp³-hybridized carbons (Fsp3) is 0.100. The van der Waals surface area contributed by atoms with Gasteiger partial charge in [-0.15, -0.1) is 0 Å². The molecule has 5 nitrogen and oxygen atoms in total. The van der Waals surface area contributed by atoms with E-state index in [1.807, 2.05) is 0 Å². The first-order chi connectivity index (χ1) is 7.68. The minimum Gasteiger partial charge on any atom is -0.314 e. The second-order valence-corrected chi connectivity index (χ2v) is 3.58. The standard InChI is InChI=1S/C10H8ClN3O2/c11-8-5-12-3-1-7(8)6-14-9(15)2-4-13-10(14)16/h1-5H,6H2,(H,13,16). The van der Waals surface area contributed by atoms with Crippen LogP contribution in [0.15, 0.2) is 40.3 Å². The first kappa shape index (κ1) is 10.6. The number of rotatable bonds is 2. The van der Waals surface area contributed by atoms with Crippen LogP contribution in [0, 0.1) is 0 Å². The van der Waals surface area contributed by atoms with Crippen molar-refractivity contribution in [1.29, 1.82) is 0 Å². The van der Waals surface area contributed by atoms with Gasteiger partial charge in [0.1, 0.15) is 0 Å². The quantitative estimate of drug-likeness (QED) is 0.833. The molecule has 6 heteroatoms. The second-order valence-electron chi connectivity index (χ2n) is 3.17. The molecule has 0 aromatic carbocycles. The zero-order valence-electron chi connectivity index (χ0n) is 8.18. The molecule has 82 valence electrons. The molecule has 16 heavy (non-hydrogen) atoms. The topological polar surface area (TPSA) is 67.8 Å². The van der Waals surface area contributed by atoms with Crippen LogP contribution in [-0.4, -0.2) is 14.5 Å². The Balaban J connectivity index is 2.46. The fourth-order valence-corrected chi connectivity index (χ4v) is 1.48. The molecule has 0 unspecified atom stereocenters. The van der Waals surface area contributed by atoms with Crippen molar-refractivity contribution in [2.45, 2.75) is 6.54 Å². The first-order valence-corrected chi connectivity index (χ1v) is 4.93. The van der Waals surface area contributed by atoms with Crippen molar-refractivity contribution < 1.29 is 0 Å². The summed E-state index contributed by atoms with van der Waals surface area (Å²) < 4.78 is 1.07. The SMILES string of the molecule is O=c1cc[nH]c(=O)n1Cc1ccncc1Cl. The van der Waals surface area contributed by atoms with Gasteiger partial charge in [0.15, 0.2) is 0 Å². The largest absolute Gasteiger partial charge is 0.328 e. The van der Waals surface area contributed by atoms with Gasteiger partial charge in [-0.05, 0) is 11.6 Å². The molecule has 0 fully saturated rings. The molecule has 0 radical (unpaired) electrons. The number of pyridine rings is 1. The highest BCUT2D eigenvalue weighted by molar-refractivity contribution is 6.31. The Morgan fingerprint density at radius 2 is 2.19 bits per heavy atom. The third-order valence-corrected chi connectivity index (χ3v) is 2.47. The van der Waals surface area contributed by atoms with Gasteiger partial charge < -0.3 is 4.98 Å². The number of aromatic nitrogens is 3. The average Bonchev–Trinajstić information content (AvgIpc) is 2.26. The van der Waals surface area contributed by atoms with E-state index in [-0.39, 0.29) is 12.1 Å². The molecule has 0 saturated heterocycles. The lowest BCUT2D eigenvalue weighted by atomic mass is 10.2. The van der Waals surface area contributed by atoms with Crippen molar-refractivity contribution in [2.75, 3.05) is 0 Å². The summed E-state index contributed by atoms with van der Waals surface area (Å²) in [4.78, 5) is 29.1. The number of hydrogen-bond acceptors (Lipinski definition) is 3. The molecule has 2 aromatic rings. The molecule has 0 amide bonds. The minimum atomic E-state index is -0.458. The lowest BCUT2D eigenvalue weighted by Gasteiger charge is -2.04. The van der Waals surface area contributed by atoms with Crippen LogP contribution in [0.25, 0.3) is 0 Å². The zero-order chi connectivity index (χ0) is 11.5. The summed E-state index contributed by atoms with van der Waals surface area (Å²) in [6.07, 6.45) is 4.34. The Morgan fingerprint density at radius 3 is 2.88 bits per heavy atom. The van der Waals surface area contributed by atoms with Crippen LogP contribution in [0.5, 0.6) is 0 Å². The van der Waals surface area contributed by atoms with Gasteiger partial charge in [0.25, 0.3) is 5.56 Å². The summed E-state index contributed by atoms with van der Waals surface area (Å²) in [6.45, 7) is 0.135. The van der Waals surface area contributed by atoms with E-state index in [1.54, 1.807) is 12.3 Å². The van der Waals surface area contributed by atoms with Crippen molar-refractivity contribution in [1.82, 2.24) is 14.5 Å². The summed E-state index contributed by atoms with van der Waals surface area (Å²) in [5.74, 6) is 0. The van der Waals surface area contributed by atoms with Crippen LogP contribution in [0.3, 0.4) is 0 Å². The van der Waals surface area contributed by atoms with Crippen LogP contribution in [0.2, 0.25) is 5.02 Å². The molecule has 0 spiro atoms. The molecule has 0 aliphatic carbocycles. The van der Waals surface area contributed by atoms with E-state index in [2.05, 4.69) is 9.97 Å². The highest BCUT2D eigenvalue weighted by atomic mass is 35.5. The summed E-state index contributed by atoms with van der Waals surface area (Å²) in [5.41, 5.74) is -0.146. The summed E-state index contributed by atoms with van der Waals surface area (Å²) in [5, 5.41) is 0.428. The zero-order valence-corrected chi connectivity index (χ0v) is 8.94. The maximum Gasteiger partial charge on any atom is 0.328 e. The van der Waals surface area contributed by atoms with Crippen LogP contribution >= 0.6 is 11.6 Å². The van der Waals surface area contributed by atoms with Gasteiger partial charge in [-0.2, -0.15) is 0 Å². The van der Waals surface area contributed by atoms with Crippen LogP contribution in [0.4, 0.5) is 0 Å². The van der Waals surface area contributed by atoms with Gasteiger partial charge in [-0.25, -0.2) is 4.79 Å². The predicted molar refractivity (Wildman–Crippen MR) is 59.7 cm³/mol. The first-order valence-electron chi connectivity index (χ1n) is 4.55. The van der Waals surface area contributed by atoms with Gasteiger partial charge in [0.05, 0.1) is 11.6 Å². The third-order valence-electron chi connectivity index (χ3n) is 2.13. The van der Waals surface area contributed by atoms with Crippen LogP contribution in [-0.2, 0) is 6.54 Å². The van der Waals surface area contributed by atoms with E-state index in [4.69, 9.17) is 11.6 Å². The van der Waals surface area contributed by atoms with E-state index in [9.17, 15) is 9.59 Å². The van der Waals surface area contributed by atoms with E-state index in [0.29, 0.717) is 10.6 Å². The van der Waals surface area contributed by atoms with E-state index >= 15 is 0 Å². The van der Waals surface area contributed by atoms with E-state index in [1.165, 1.54) is 18.5 Å². The van der Waals surface area contributed by atoms with Crippen molar-refractivity contribution in [2.24, 2.45) is 0 Å². The normalized spacial score (nSPS) is 10.3. The minimum absolute atomic E-state index is 0.135. The molecule has 2 aromatic heterocycles. The molecule has 2 heterocycles. The number of aromatic amines is 1. The van der Waals surface area contributed by atoms with Crippen LogP contribution in [0.1, 0.15) is 5.56 Å². The fourth-order valence-electron chi connectivity index (χ4n) is 1.30. The predicted octanol–water partition coefficient (Wildman–Crippen LogP) is 0.633. The second kappa shape index (κ2) is 4.32. The molecular weight excluding hydrogens is 230 g/mol. The van der Waals surface area contributed by atoms with Crippen LogP contribution < -0.4 is 11.2 Å². The Bertz CT molecular complexity index is 589. The number of nitrogens with zero attached hydrogens (tertiary/aromatic N) is 2. The lowest BCUT2D eigenvalue weighted by Crippen LogP contribution is -2.34. The van der Waals surface area contributed by atoms with Gasteiger partial charge >= 0.3 is 5.69 Å². The Labute approximate surface area is 95.3 Å². The Kier molecular flexibility index (Phi) is 2.87. The van der Waals surface area contributed by atoms with Crippen molar-refractivity contribution >= 4 is 11.6 Å². The van der Waals surface area contributed by atoms with Crippen molar-refractivity contribution in [3.63, 3.8) is 0 Å². The third kappa shape index (κ3) is 2.04. The number of nitrogens with one attached hydrogen (secondary N) is 1. The molecule has 0 atom stereocenters. The van der Waals surface area contributed by atoms with E-state index in [0.717, 1.165) is 4.57 Å². The summed E-state index contributed by atoms with van der Waals surface area (Å²) in [7, 11) is 0. The van der Waals surface area contributed by atoms with Gasteiger partial charge in [-0.1, -0.05) is 11.6 Å². The maximum absolute atomic E-state index is 11.4. The average molecular weight is 238 g/mol. The number of H-pyrrole nitrogens is 1. The molecule has 1 N–H and O–H groups in total. The number of hydrogen-bond donors (Lipinski definition) is 1. The monoisotopic (exact) mass is 237 g/mol. The summed E-state index contributed by atoms with van der Waals surface area (Å²) >= 11 is 5.89. The lowest BCUT2D eigenvalue weighted by molar-refractivity contribution is 0.698. The Hall–Kier alpha value is -1.88. The number of halogens is 1. The van der Waals surface area contributed by atoms with Crippen molar-refractivity contribution in [3.8, 4) is 0 Å². The highest BCUT2D eigenvalue weighted by Gasteiger charge is 2.04.